The maximum atomic E-state index is 12.3. The van der Waals surface area contributed by atoms with Gasteiger partial charge >= 0.3 is 0 Å². The number of unbranched alkanes of at least 4 members (excludes halogenated alkanes) is 9. The van der Waals surface area contributed by atoms with Gasteiger partial charge in [-0.2, -0.15) is 0 Å². The van der Waals surface area contributed by atoms with Gasteiger partial charge in [0.05, 0.1) is 39.0 Å². The second-order valence-electron chi connectivity index (χ2n) is 7.85. The van der Waals surface area contributed by atoms with Crippen molar-refractivity contribution >= 4 is 20.0 Å². The Morgan fingerprint density at radius 1 is 0.692 bits per heavy atom. The van der Waals surface area contributed by atoms with E-state index in [-0.39, 0.29) is 0 Å². The Balaban J connectivity index is 4.95. The van der Waals surface area contributed by atoms with E-state index in [1.807, 2.05) is 0 Å². The summed E-state index contributed by atoms with van der Waals surface area (Å²) in [6.45, 7) is 11.4. The number of hydrogen-bond acceptors (Lipinski definition) is 3. The zero-order valence-corrected chi connectivity index (χ0v) is 19.7. The molecule has 26 heavy (non-hydrogen) atoms. The molecule has 0 amide bonds. The Kier molecular flexibility index (Phi) is 16.4. The summed E-state index contributed by atoms with van der Waals surface area (Å²) in [5, 5.41) is 0. The predicted molar refractivity (Wildman–Crippen MR) is 120 cm³/mol. The topological polar surface area (TPSA) is 26.3 Å². The van der Waals surface area contributed by atoms with Crippen LogP contribution in [0.1, 0.15) is 97.8 Å². The average molecular weight is 409 g/mol. The Morgan fingerprint density at radius 3 is 1.38 bits per heavy atom. The molecule has 5 heteroatoms. The van der Waals surface area contributed by atoms with E-state index in [4.69, 9.17) is 15.4 Å². The molecule has 0 aliphatic rings. The molecule has 158 valence electrons. The first kappa shape index (κ1) is 26.3. The highest BCUT2D eigenvalue weighted by Crippen LogP contribution is 2.18. The normalized spacial score (nSPS) is 14.5. The van der Waals surface area contributed by atoms with E-state index in [0.29, 0.717) is 5.75 Å². The fourth-order valence-corrected chi connectivity index (χ4v) is 4.68. The Hall–Kier alpha value is 0.290. The molecular formula is C21H46NO2S2+. The van der Waals surface area contributed by atoms with Gasteiger partial charge in [0.2, 0.25) is 0 Å². The van der Waals surface area contributed by atoms with Crippen LogP contribution >= 0.6 is 0 Å². The van der Waals surface area contributed by atoms with Crippen LogP contribution in [0.3, 0.4) is 0 Å². The van der Waals surface area contributed by atoms with Gasteiger partial charge in [0, 0.05) is 11.2 Å². The lowest BCUT2D eigenvalue weighted by Crippen LogP contribution is -2.52. The number of rotatable bonds is 19. The fraction of sp³-hybridized carbons (Fsp3) is 1.00. The highest BCUT2D eigenvalue weighted by Gasteiger charge is 2.27. The van der Waals surface area contributed by atoms with Crippen LogP contribution in [0, 0.1) is 0 Å². The first-order chi connectivity index (χ1) is 12.4. The summed E-state index contributed by atoms with van der Waals surface area (Å²) in [6.07, 6.45) is 15.6. The third kappa shape index (κ3) is 13.5. The molecule has 0 bridgehead atoms. The van der Waals surface area contributed by atoms with Gasteiger partial charge in [-0.3, -0.25) is 4.18 Å². The second-order valence-corrected chi connectivity index (χ2v) is 11.2. The molecule has 0 aromatic heterocycles. The molecular weight excluding hydrogens is 362 g/mol. The van der Waals surface area contributed by atoms with Gasteiger partial charge in [-0.05, 0) is 38.5 Å². The van der Waals surface area contributed by atoms with Gasteiger partial charge in [-0.15, -0.1) is 0 Å². The number of hydrogen-bond donors (Lipinski definition) is 0. The molecule has 0 aliphatic heterocycles. The van der Waals surface area contributed by atoms with Crippen molar-refractivity contribution in [3.05, 3.63) is 0 Å². The zero-order chi connectivity index (χ0) is 19.7. The summed E-state index contributed by atoms with van der Waals surface area (Å²) in [7, 11) is -1.05. The number of nitrogens with zero attached hydrogens (tertiary/aromatic N) is 1. The molecule has 1 unspecified atom stereocenters. The molecule has 0 N–H and O–H groups in total. The minimum Gasteiger partial charge on any atom is -0.323 e. The first-order valence-electron chi connectivity index (χ1n) is 11.1. The molecule has 0 rings (SSSR count). The van der Waals surface area contributed by atoms with Crippen molar-refractivity contribution in [2.24, 2.45) is 0 Å². The van der Waals surface area contributed by atoms with Crippen LogP contribution in [0.5, 0.6) is 0 Å². The minimum atomic E-state index is -2.54. The van der Waals surface area contributed by atoms with Crippen LogP contribution in [0.2, 0.25) is 0 Å². The summed E-state index contributed by atoms with van der Waals surface area (Å²) < 4.78 is 18.5. The quantitative estimate of drug-likeness (QED) is 0.198. The molecule has 0 aromatic carbocycles. The molecule has 1 atom stereocenters. The van der Waals surface area contributed by atoms with Crippen molar-refractivity contribution in [3.8, 4) is 0 Å². The van der Waals surface area contributed by atoms with Crippen LogP contribution < -0.4 is 0 Å². The summed E-state index contributed by atoms with van der Waals surface area (Å²) in [6, 6.07) is 0. The highest BCUT2D eigenvalue weighted by atomic mass is 32.8. The van der Waals surface area contributed by atoms with E-state index < -0.39 is 8.77 Å². The van der Waals surface area contributed by atoms with Crippen LogP contribution in [0.15, 0.2) is 0 Å². The SMILES string of the molecule is CCCCCC[N+](CCCCCC)(CCCCCC)CCS(=O)(=S)OC. The summed E-state index contributed by atoms with van der Waals surface area (Å²) in [5.41, 5.74) is 0. The molecule has 0 spiro atoms. The molecule has 0 aromatic rings. The molecule has 0 saturated heterocycles. The predicted octanol–water partition coefficient (Wildman–Crippen LogP) is 5.85. The maximum absolute atomic E-state index is 12.3. The third-order valence-electron chi connectivity index (χ3n) is 5.53. The van der Waals surface area contributed by atoms with Crippen molar-refractivity contribution in [2.75, 3.05) is 39.0 Å². The van der Waals surface area contributed by atoms with Crippen molar-refractivity contribution in [1.29, 1.82) is 0 Å². The van der Waals surface area contributed by atoms with Crippen LogP contribution in [0.25, 0.3) is 0 Å². The van der Waals surface area contributed by atoms with Crippen molar-refractivity contribution in [1.82, 2.24) is 0 Å². The zero-order valence-electron chi connectivity index (χ0n) is 18.1. The van der Waals surface area contributed by atoms with Gasteiger partial charge in [0.15, 0.2) is 0 Å². The lowest BCUT2D eigenvalue weighted by molar-refractivity contribution is -0.926. The Labute approximate surface area is 169 Å². The standard InChI is InChI=1S/C21H46NO2S2/c1-5-8-11-14-17-22(18-15-12-9-6-2,19-16-13-10-7-3)20-21-26(23,25)24-4/h5-21H2,1-4H3/q+1. The fourth-order valence-electron chi connectivity index (χ4n) is 3.68. The van der Waals surface area contributed by atoms with E-state index in [0.717, 1.165) is 11.0 Å². The maximum Gasteiger partial charge on any atom is 0.149 e. The van der Waals surface area contributed by atoms with Crippen molar-refractivity contribution in [3.63, 3.8) is 0 Å². The van der Waals surface area contributed by atoms with E-state index >= 15 is 0 Å². The van der Waals surface area contributed by atoms with E-state index in [1.165, 1.54) is 104 Å². The summed E-state index contributed by atoms with van der Waals surface area (Å²) in [4.78, 5) is 0. The van der Waals surface area contributed by atoms with Crippen LogP contribution in [-0.2, 0) is 24.1 Å². The largest absolute Gasteiger partial charge is 0.323 e. The van der Waals surface area contributed by atoms with Gasteiger partial charge in [-0.25, -0.2) is 4.21 Å². The monoisotopic (exact) mass is 408 g/mol. The molecule has 0 heterocycles. The summed E-state index contributed by atoms with van der Waals surface area (Å²) in [5.74, 6) is 0.522. The average Bonchev–Trinajstić information content (AvgIpc) is 2.64. The van der Waals surface area contributed by atoms with Crippen molar-refractivity contribution in [2.45, 2.75) is 97.8 Å². The van der Waals surface area contributed by atoms with Gasteiger partial charge in [-0.1, -0.05) is 59.3 Å². The molecule has 0 saturated carbocycles. The van der Waals surface area contributed by atoms with Gasteiger partial charge < -0.3 is 4.48 Å². The van der Waals surface area contributed by atoms with Gasteiger partial charge in [0.25, 0.3) is 0 Å². The van der Waals surface area contributed by atoms with E-state index in [1.54, 1.807) is 0 Å². The molecule has 3 nitrogen and oxygen atoms in total. The lowest BCUT2D eigenvalue weighted by Gasteiger charge is -2.39. The summed E-state index contributed by atoms with van der Waals surface area (Å²) >= 11 is 5.17. The second kappa shape index (κ2) is 16.3. The lowest BCUT2D eigenvalue weighted by atomic mass is 10.1. The molecule has 0 aliphatic carbocycles. The van der Waals surface area contributed by atoms with Crippen LogP contribution in [-0.4, -0.2) is 47.7 Å². The van der Waals surface area contributed by atoms with E-state index in [9.17, 15) is 4.21 Å². The third-order valence-corrected chi connectivity index (χ3v) is 7.63. The Morgan fingerprint density at radius 2 is 1.08 bits per heavy atom. The number of quaternary nitrogens is 1. The molecule has 0 radical (unpaired) electrons. The van der Waals surface area contributed by atoms with Crippen molar-refractivity contribution < 1.29 is 12.9 Å². The van der Waals surface area contributed by atoms with E-state index in [2.05, 4.69) is 20.8 Å². The molecule has 0 fully saturated rings. The Bertz CT molecular complexity index is 379. The highest BCUT2D eigenvalue weighted by molar-refractivity contribution is 8.30. The smallest absolute Gasteiger partial charge is 0.149 e. The minimum absolute atomic E-state index is 0.522. The van der Waals surface area contributed by atoms with Crippen LogP contribution in [0.4, 0.5) is 0 Å². The first-order valence-corrected chi connectivity index (χ1v) is 13.7. The van der Waals surface area contributed by atoms with Gasteiger partial charge in [0.1, 0.15) is 8.77 Å².